The second-order valence-electron chi connectivity index (χ2n) is 3.15. The van der Waals surface area contributed by atoms with Crippen LogP contribution in [-0.2, 0) is 0 Å². The number of hydrogen-bond donors (Lipinski definition) is 1. The van der Waals surface area contributed by atoms with E-state index in [0.29, 0.717) is 17.5 Å². The van der Waals surface area contributed by atoms with E-state index in [0.717, 1.165) is 0 Å². The molecule has 16 heavy (non-hydrogen) atoms. The number of benzene rings is 1. The molecule has 0 atom stereocenters. The maximum absolute atomic E-state index is 11.6. The molecule has 0 aliphatic carbocycles. The summed E-state index contributed by atoms with van der Waals surface area (Å²) in [6.45, 7) is 0. The summed E-state index contributed by atoms with van der Waals surface area (Å²) < 4.78 is 5.03. The average molecular weight is 215 g/mol. The lowest BCUT2D eigenvalue weighted by molar-refractivity contribution is 0.0727. The van der Waals surface area contributed by atoms with Crippen LogP contribution >= 0.6 is 0 Å². The number of carbonyl (C=O) groups excluding carboxylic acids is 2. The molecule has 0 aliphatic rings. The predicted molar refractivity (Wildman–Crippen MR) is 57.6 cm³/mol. The van der Waals surface area contributed by atoms with Gasteiger partial charge < -0.3 is 9.72 Å². The van der Waals surface area contributed by atoms with Gasteiger partial charge in [0.2, 0.25) is 5.88 Å². The number of rotatable bonds is 3. The second kappa shape index (κ2) is 4.44. The SMILES string of the molecule is O=Cc1ccc(OC(=O)c2ccccc2)[nH]1. The van der Waals surface area contributed by atoms with Crippen molar-refractivity contribution in [3.8, 4) is 5.88 Å². The Morgan fingerprint density at radius 1 is 1.12 bits per heavy atom. The van der Waals surface area contributed by atoms with Crippen LogP contribution in [0.1, 0.15) is 20.8 Å². The monoisotopic (exact) mass is 215 g/mol. The fourth-order valence-electron chi connectivity index (χ4n) is 1.25. The summed E-state index contributed by atoms with van der Waals surface area (Å²) in [6, 6.07) is 11.7. The van der Waals surface area contributed by atoms with Gasteiger partial charge in [0.05, 0.1) is 11.3 Å². The molecule has 0 fully saturated rings. The minimum absolute atomic E-state index is 0.260. The molecule has 0 amide bonds. The number of ether oxygens (including phenoxy) is 1. The van der Waals surface area contributed by atoms with E-state index in [1.165, 1.54) is 6.07 Å². The fourth-order valence-corrected chi connectivity index (χ4v) is 1.25. The molecule has 0 saturated heterocycles. The van der Waals surface area contributed by atoms with Gasteiger partial charge in [0.1, 0.15) is 0 Å². The third-order valence-corrected chi connectivity index (χ3v) is 2.02. The van der Waals surface area contributed by atoms with Gasteiger partial charge >= 0.3 is 5.97 Å². The lowest BCUT2D eigenvalue weighted by atomic mass is 10.2. The van der Waals surface area contributed by atoms with E-state index in [-0.39, 0.29) is 5.88 Å². The van der Waals surface area contributed by atoms with Crippen LogP contribution in [0.3, 0.4) is 0 Å². The summed E-state index contributed by atoms with van der Waals surface area (Å²) in [5.41, 5.74) is 0.834. The zero-order valence-corrected chi connectivity index (χ0v) is 8.34. The van der Waals surface area contributed by atoms with Crippen LogP contribution in [0.4, 0.5) is 0 Å². The maximum atomic E-state index is 11.6. The van der Waals surface area contributed by atoms with Crippen molar-refractivity contribution in [2.24, 2.45) is 0 Å². The molecule has 1 N–H and O–H groups in total. The van der Waals surface area contributed by atoms with Gasteiger partial charge in [0, 0.05) is 6.07 Å². The Balaban J connectivity index is 2.11. The van der Waals surface area contributed by atoms with E-state index in [2.05, 4.69) is 4.98 Å². The standard InChI is InChI=1S/C12H9NO3/c14-8-10-6-7-11(13-10)16-12(15)9-4-2-1-3-5-9/h1-8,13H. The van der Waals surface area contributed by atoms with Crippen LogP contribution in [-0.4, -0.2) is 17.2 Å². The van der Waals surface area contributed by atoms with Gasteiger partial charge in [0.25, 0.3) is 0 Å². The van der Waals surface area contributed by atoms with E-state index >= 15 is 0 Å². The van der Waals surface area contributed by atoms with Crippen LogP contribution in [0.15, 0.2) is 42.5 Å². The molecule has 0 radical (unpaired) electrons. The first-order valence-corrected chi connectivity index (χ1v) is 4.71. The van der Waals surface area contributed by atoms with Crippen molar-refractivity contribution < 1.29 is 14.3 Å². The highest BCUT2D eigenvalue weighted by Crippen LogP contribution is 2.11. The largest absolute Gasteiger partial charge is 0.406 e. The fraction of sp³-hybridized carbons (Fsp3) is 0. The molecular formula is C12H9NO3. The van der Waals surface area contributed by atoms with Crippen LogP contribution in [0.5, 0.6) is 5.88 Å². The number of nitrogens with one attached hydrogen (secondary N) is 1. The third-order valence-electron chi connectivity index (χ3n) is 2.02. The Bertz CT molecular complexity index is 502. The molecule has 0 unspecified atom stereocenters. The number of esters is 1. The molecule has 1 heterocycles. The topological polar surface area (TPSA) is 59.2 Å². The van der Waals surface area contributed by atoms with E-state index in [4.69, 9.17) is 4.74 Å². The number of carbonyl (C=O) groups is 2. The van der Waals surface area contributed by atoms with Crippen molar-refractivity contribution in [1.29, 1.82) is 0 Å². The molecule has 4 nitrogen and oxygen atoms in total. The van der Waals surface area contributed by atoms with Gasteiger partial charge in [0.15, 0.2) is 6.29 Å². The average Bonchev–Trinajstić information content (AvgIpc) is 2.78. The van der Waals surface area contributed by atoms with E-state index in [9.17, 15) is 9.59 Å². The number of hydrogen-bond acceptors (Lipinski definition) is 3. The van der Waals surface area contributed by atoms with Crippen molar-refractivity contribution in [3.05, 3.63) is 53.7 Å². The summed E-state index contributed by atoms with van der Waals surface area (Å²) in [5, 5.41) is 0. The first-order valence-electron chi connectivity index (χ1n) is 4.71. The highest BCUT2D eigenvalue weighted by molar-refractivity contribution is 5.90. The molecule has 4 heteroatoms. The van der Waals surface area contributed by atoms with Gasteiger partial charge in [-0.3, -0.25) is 4.79 Å². The molecule has 1 aromatic heterocycles. The molecule has 0 bridgehead atoms. The first kappa shape index (κ1) is 10.2. The molecule has 0 spiro atoms. The normalized spacial score (nSPS) is 9.75. The third kappa shape index (κ3) is 2.17. The Hall–Kier alpha value is -2.36. The van der Waals surface area contributed by atoms with Crippen molar-refractivity contribution in [2.75, 3.05) is 0 Å². The number of aldehydes is 1. The van der Waals surface area contributed by atoms with E-state index < -0.39 is 5.97 Å². The van der Waals surface area contributed by atoms with Gasteiger partial charge in [-0.1, -0.05) is 18.2 Å². The van der Waals surface area contributed by atoms with Gasteiger partial charge in [-0.05, 0) is 18.2 Å². The summed E-state index contributed by atoms with van der Waals surface area (Å²) in [4.78, 5) is 24.6. The Morgan fingerprint density at radius 2 is 1.88 bits per heavy atom. The lowest BCUT2D eigenvalue weighted by Gasteiger charge is -2.00. The summed E-state index contributed by atoms with van der Waals surface area (Å²) in [5.74, 6) is -0.198. The highest BCUT2D eigenvalue weighted by atomic mass is 16.5. The minimum atomic E-state index is -0.458. The first-order chi connectivity index (χ1) is 7.79. The number of aromatic nitrogens is 1. The Labute approximate surface area is 91.9 Å². The predicted octanol–water partition coefficient (Wildman–Crippen LogP) is 2.05. The van der Waals surface area contributed by atoms with Crippen LogP contribution in [0.2, 0.25) is 0 Å². The smallest absolute Gasteiger partial charge is 0.344 e. The summed E-state index contributed by atoms with van der Waals surface area (Å²) >= 11 is 0. The molecule has 2 rings (SSSR count). The summed E-state index contributed by atoms with van der Waals surface area (Å²) in [7, 11) is 0. The van der Waals surface area contributed by atoms with Crippen LogP contribution in [0, 0.1) is 0 Å². The zero-order valence-electron chi connectivity index (χ0n) is 8.34. The molecule has 1 aromatic carbocycles. The van der Waals surface area contributed by atoms with Gasteiger partial charge in [-0.15, -0.1) is 0 Å². The van der Waals surface area contributed by atoms with Gasteiger partial charge in [-0.2, -0.15) is 0 Å². The van der Waals surface area contributed by atoms with Crippen molar-refractivity contribution in [1.82, 2.24) is 4.98 Å². The number of aromatic amines is 1. The maximum Gasteiger partial charge on any atom is 0.344 e. The van der Waals surface area contributed by atoms with Crippen LogP contribution < -0.4 is 4.74 Å². The second-order valence-corrected chi connectivity index (χ2v) is 3.15. The van der Waals surface area contributed by atoms with E-state index in [1.807, 2.05) is 6.07 Å². The minimum Gasteiger partial charge on any atom is -0.406 e. The number of H-pyrrole nitrogens is 1. The van der Waals surface area contributed by atoms with Crippen molar-refractivity contribution in [3.63, 3.8) is 0 Å². The Morgan fingerprint density at radius 3 is 2.50 bits per heavy atom. The molecular weight excluding hydrogens is 206 g/mol. The lowest BCUT2D eigenvalue weighted by Crippen LogP contribution is -2.08. The van der Waals surface area contributed by atoms with Crippen LogP contribution in [0.25, 0.3) is 0 Å². The highest BCUT2D eigenvalue weighted by Gasteiger charge is 2.08. The molecule has 2 aromatic rings. The molecule has 0 saturated carbocycles. The zero-order chi connectivity index (χ0) is 11.4. The molecule has 0 aliphatic heterocycles. The Kier molecular flexibility index (Phi) is 2.82. The summed E-state index contributed by atoms with van der Waals surface area (Å²) in [6.07, 6.45) is 0.653. The van der Waals surface area contributed by atoms with Gasteiger partial charge in [-0.25, -0.2) is 4.79 Å². The quantitative estimate of drug-likeness (QED) is 0.629. The molecule has 80 valence electrons. The van der Waals surface area contributed by atoms with Crippen molar-refractivity contribution >= 4 is 12.3 Å². The van der Waals surface area contributed by atoms with E-state index in [1.54, 1.807) is 30.3 Å². The van der Waals surface area contributed by atoms with Crippen molar-refractivity contribution in [2.45, 2.75) is 0 Å².